The SMILES string of the molecule is Cc1ccc(Cl)c(Oc2nc(C)cc(/C(N)=N/O)n2)c1. The fourth-order valence-corrected chi connectivity index (χ4v) is 1.71. The first-order valence-corrected chi connectivity index (χ1v) is 6.15. The second kappa shape index (κ2) is 5.75. The number of halogens is 1. The van der Waals surface area contributed by atoms with Gasteiger partial charge in [-0.1, -0.05) is 22.8 Å². The summed E-state index contributed by atoms with van der Waals surface area (Å²) in [5.41, 5.74) is 7.40. The lowest BCUT2D eigenvalue weighted by atomic mass is 10.2. The summed E-state index contributed by atoms with van der Waals surface area (Å²) in [4.78, 5) is 8.20. The minimum Gasteiger partial charge on any atom is -0.423 e. The first-order chi connectivity index (χ1) is 9.49. The molecule has 0 radical (unpaired) electrons. The van der Waals surface area contributed by atoms with Crippen LogP contribution in [0.15, 0.2) is 29.4 Å². The summed E-state index contributed by atoms with van der Waals surface area (Å²) in [5, 5.41) is 12.0. The van der Waals surface area contributed by atoms with E-state index in [0.717, 1.165) is 5.56 Å². The number of rotatable bonds is 3. The smallest absolute Gasteiger partial charge is 0.322 e. The van der Waals surface area contributed by atoms with E-state index in [1.54, 1.807) is 25.1 Å². The zero-order chi connectivity index (χ0) is 14.7. The van der Waals surface area contributed by atoms with Crippen LogP contribution in [-0.4, -0.2) is 21.0 Å². The van der Waals surface area contributed by atoms with Gasteiger partial charge in [0.15, 0.2) is 5.84 Å². The second-order valence-corrected chi connectivity index (χ2v) is 4.61. The average molecular weight is 293 g/mol. The molecule has 0 fully saturated rings. The molecule has 0 saturated carbocycles. The summed E-state index contributed by atoms with van der Waals surface area (Å²) in [5.74, 6) is 0.332. The van der Waals surface area contributed by atoms with Crippen LogP contribution in [0.4, 0.5) is 0 Å². The lowest BCUT2D eigenvalue weighted by Crippen LogP contribution is -2.16. The lowest BCUT2D eigenvalue weighted by Gasteiger charge is -2.08. The van der Waals surface area contributed by atoms with Crippen molar-refractivity contribution in [2.45, 2.75) is 13.8 Å². The van der Waals surface area contributed by atoms with E-state index >= 15 is 0 Å². The third-order valence-corrected chi connectivity index (χ3v) is 2.80. The van der Waals surface area contributed by atoms with E-state index in [9.17, 15) is 0 Å². The Morgan fingerprint density at radius 1 is 1.30 bits per heavy atom. The Hall–Kier alpha value is -2.34. The van der Waals surface area contributed by atoms with Crippen LogP contribution < -0.4 is 10.5 Å². The summed E-state index contributed by atoms with van der Waals surface area (Å²) in [6.45, 7) is 3.67. The molecule has 0 unspecified atom stereocenters. The third kappa shape index (κ3) is 3.16. The zero-order valence-corrected chi connectivity index (χ0v) is 11.7. The predicted octanol–water partition coefficient (Wildman–Crippen LogP) is 2.63. The van der Waals surface area contributed by atoms with Crippen molar-refractivity contribution in [2.75, 3.05) is 0 Å². The first-order valence-electron chi connectivity index (χ1n) is 5.77. The van der Waals surface area contributed by atoms with Gasteiger partial charge in [-0.25, -0.2) is 4.98 Å². The van der Waals surface area contributed by atoms with Crippen LogP contribution in [0.3, 0.4) is 0 Å². The summed E-state index contributed by atoms with van der Waals surface area (Å²) in [7, 11) is 0. The highest BCUT2D eigenvalue weighted by Crippen LogP contribution is 2.28. The lowest BCUT2D eigenvalue weighted by molar-refractivity contribution is 0.318. The van der Waals surface area contributed by atoms with Crippen LogP contribution in [0.2, 0.25) is 5.02 Å². The molecule has 6 nitrogen and oxygen atoms in total. The van der Waals surface area contributed by atoms with Crippen LogP contribution in [0, 0.1) is 13.8 Å². The standard InChI is InChI=1S/C13H13ClN4O2/c1-7-3-4-9(14)11(5-7)20-13-16-8(2)6-10(17-13)12(15)18-19/h3-6,19H,1-2H3,(H2,15,18). The molecule has 1 aromatic heterocycles. The predicted molar refractivity (Wildman–Crippen MR) is 75.5 cm³/mol. The molecule has 0 atom stereocenters. The van der Waals surface area contributed by atoms with E-state index in [2.05, 4.69) is 15.1 Å². The topological polar surface area (TPSA) is 93.6 Å². The fraction of sp³-hybridized carbons (Fsp3) is 0.154. The van der Waals surface area contributed by atoms with E-state index in [4.69, 9.17) is 27.3 Å². The van der Waals surface area contributed by atoms with E-state index in [1.807, 2.05) is 13.0 Å². The Morgan fingerprint density at radius 2 is 2.05 bits per heavy atom. The molecule has 0 aliphatic heterocycles. The highest BCUT2D eigenvalue weighted by atomic mass is 35.5. The van der Waals surface area contributed by atoms with Gasteiger partial charge in [0.1, 0.15) is 11.4 Å². The normalized spacial score (nSPS) is 11.4. The number of ether oxygens (including phenoxy) is 1. The molecule has 0 amide bonds. The van der Waals surface area contributed by atoms with E-state index in [-0.39, 0.29) is 17.5 Å². The van der Waals surface area contributed by atoms with Crippen LogP contribution in [0.5, 0.6) is 11.8 Å². The number of amidine groups is 1. The first kappa shape index (κ1) is 14.1. The number of oxime groups is 1. The van der Waals surface area contributed by atoms with Crippen LogP contribution in [0.25, 0.3) is 0 Å². The Labute approximate surface area is 120 Å². The van der Waals surface area contributed by atoms with Crippen LogP contribution in [0.1, 0.15) is 17.0 Å². The van der Waals surface area contributed by atoms with Gasteiger partial charge in [-0.05, 0) is 37.6 Å². The largest absolute Gasteiger partial charge is 0.423 e. The highest BCUT2D eigenvalue weighted by molar-refractivity contribution is 6.32. The maximum absolute atomic E-state index is 8.68. The summed E-state index contributed by atoms with van der Waals surface area (Å²) in [6.07, 6.45) is 0. The van der Waals surface area contributed by atoms with Crippen molar-refractivity contribution in [3.8, 4) is 11.8 Å². The van der Waals surface area contributed by atoms with Crippen molar-refractivity contribution in [3.05, 3.63) is 46.2 Å². The molecule has 7 heteroatoms. The van der Waals surface area contributed by atoms with Crippen molar-refractivity contribution < 1.29 is 9.94 Å². The third-order valence-electron chi connectivity index (χ3n) is 2.49. The van der Waals surface area contributed by atoms with Gasteiger partial charge in [0.25, 0.3) is 0 Å². The van der Waals surface area contributed by atoms with Gasteiger partial charge in [0.2, 0.25) is 0 Å². The summed E-state index contributed by atoms with van der Waals surface area (Å²) >= 11 is 6.05. The van der Waals surface area contributed by atoms with Gasteiger partial charge in [0, 0.05) is 5.69 Å². The molecule has 2 rings (SSSR count). The molecule has 2 aromatic rings. The number of nitrogens with two attached hydrogens (primary N) is 1. The Kier molecular flexibility index (Phi) is 4.05. The Bertz CT molecular complexity index is 673. The maximum atomic E-state index is 8.68. The minimum atomic E-state index is -0.115. The number of nitrogens with zero attached hydrogens (tertiary/aromatic N) is 3. The summed E-state index contributed by atoms with van der Waals surface area (Å²) < 4.78 is 5.56. The molecule has 1 aromatic carbocycles. The fourth-order valence-electron chi connectivity index (χ4n) is 1.56. The van der Waals surface area contributed by atoms with Crippen molar-refractivity contribution in [1.82, 2.24) is 9.97 Å². The van der Waals surface area contributed by atoms with Crippen molar-refractivity contribution in [1.29, 1.82) is 0 Å². The molecule has 1 heterocycles. The number of hydrogen-bond donors (Lipinski definition) is 2. The van der Waals surface area contributed by atoms with Crippen LogP contribution >= 0.6 is 11.6 Å². The molecule has 0 aliphatic carbocycles. The molecular weight excluding hydrogens is 280 g/mol. The van der Waals surface area contributed by atoms with E-state index in [0.29, 0.717) is 16.5 Å². The summed E-state index contributed by atoms with van der Waals surface area (Å²) in [6, 6.07) is 7.04. The quantitative estimate of drug-likeness (QED) is 0.392. The van der Waals surface area contributed by atoms with E-state index < -0.39 is 0 Å². The molecule has 0 saturated heterocycles. The molecule has 0 spiro atoms. The molecule has 20 heavy (non-hydrogen) atoms. The number of hydrogen-bond acceptors (Lipinski definition) is 5. The number of benzene rings is 1. The second-order valence-electron chi connectivity index (χ2n) is 4.20. The van der Waals surface area contributed by atoms with Gasteiger partial charge in [-0.15, -0.1) is 0 Å². The van der Waals surface area contributed by atoms with Crippen LogP contribution in [-0.2, 0) is 0 Å². The zero-order valence-electron chi connectivity index (χ0n) is 11.0. The Balaban J connectivity index is 2.38. The Morgan fingerprint density at radius 3 is 2.75 bits per heavy atom. The molecule has 3 N–H and O–H groups in total. The number of aromatic nitrogens is 2. The van der Waals surface area contributed by atoms with Crippen molar-refractivity contribution >= 4 is 17.4 Å². The van der Waals surface area contributed by atoms with Crippen molar-refractivity contribution in [2.24, 2.45) is 10.9 Å². The molecule has 104 valence electrons. The molecule has 0 bridgehead atoms. The van der Waals surface area contributed by atoms with Gasteiger partial charge >= 0.3 is 6.01 Å². The van der Waals surface area contributed by atoms with E-state index in [1.165, 1.54) is 0 Å². The molecule has 0 aliphatic rings. The van der Waals surface area contributed by atoms with Gasteiger partial charge in [-0.3, -0.25) is 0 Å². The highest BCUT2D eigenvalue weighted by Gasteiger charge is 2.10. The van der Waals surface area contributed by atoms with Gasteiger partial charge < -0.3 is 15.7 Å². The maximum Gasteiger partial charge on any atom is 0.322 e. The monoisotopic (exact) mass is 292 g/mol. The van der Waals surface area contributed by atoms with Gasteiger partial charge in [-0.2, -0.15) is 4.98 Å². The average Bonchev–Trinajstić information content (AvgIpc) is 2.41. The number of aryl methyl sites for hydroxylation is 2. The van der Waals surface area contributed by atoms with Gasteiger partial charge in [0.05, 0.1) is 5.02 Å². The van der Waals surface area contributed by atoms with Crippen molar-refractivity contribution in [3.63, 3.8) is 0 Å². The molecular formula is C13H13ClN4O2. The minimum absolute atomic E-state index is 0.0825.